The number of benzene rings is 1. The monoisotopic (exact) mass is 374 g/mol. The zero-order valence-corrected chi connectivity index (χ0v) is 19.2. The first kappa shape index (κ1) is 24.1. The van der Waals surface area contributed by atoms with Gasteiger partial charge in [0.15, 0.2) is 0 Å². The van der Waals surface area contributed by atoms with Crippen LogP contribution < -0.4 is 0 Å². The quantitative estimate of drug-likeness (QED) is 0.324. The lowest BCUT2D eigenvalue weighted by Gasteiger charge is -2.30. The lowest BCUT2D eigenvalue weighted by molar-refractivity contribution is 0.300. The van der Waals surface area contributed by atoms with Crippen molar-refractivity contribution in [2.24, 2.45) is 10.8 Å². The van der Waals surface area contributed by atoms with Crippen molar-refractivity contribution >= 4 is 0 Å². The molecule has 0 amide bonds. The zero-order chi connectivity index (χ0) is 20.3. The molecule has 156 valence electrons. The van der Waals surface area contributed by atoms with E-state index in [0.717, 1.165) is 12.8 Å². The fraction of sp³-hybridized carbons (Fsp3) is 0.769. The maximum atomic E-state index is 10.6. The second-order valence-electron chi connectivity index (χ2n) is 10.2. The summed E-state index contributed by atoms with van der Waals surface area (Å²) in [6, 6.07) is 6.14. The van der Waals surface area contributed by atoms with Gasteiger partial charge in [-0.2, -0.15) is 0 Å². The Morgan fingerprint density at radius 3 is 1.74 bits per heavy atom. The predicted octanol–water partition coefficient (Wildman–Crippen LogP) is 8.47. The summed E-state index contributed by atoms with van der Waals surface area (Å²) in [5, 5.41) is 10.6. The minimum absolute atomic E-state index is 0.243. The number of hydrogen-bond acceptors (Lipinski definition) is 1. The van der Waals surface area contributed by atoms with E-state index in [1.165, 1.54) is 75.3 Å². The van der Waals surface area contributed by atoms with Crippen molar-refractivity contribution in [3.05, 3.63) is 29.3 Å². The molecule has 1 rings (SSSR count). The van der Waals surface area contributed by atoms with Crippen LogP contribution in [0.1, 0.15) is 117 Å². The Bertz CT molecular complexity index is 527. The standard InChI is InChI=1S/C26H46O/c1-7-9-11-13-18-25(3,4)20-22-16-15-17-24(27)23(22)21-26(5,6)19-14-12-10-8-2/h15-17,27H,7-14,18-21H2,1-6H3. The van der Waals surface area contributed by atoms with Crippen molar-refractivity contribution in [1.29, 1.82) is 0 Å². The van der Waals surface area contributed by atoms with Crippen molar-refractivity contribution in [3.8, 4) is 5.75 Å². The van der Waals surface area contributed by atoms with Crippen LogP contribution in [0.25, 0.3) is 0 Å². The van der Waals surface area contributed by atoms with Crippen LogP contribution in [0, 0.1) is 10.8 Å². The van der Waals surface area contributed by atoms with Crippen molar-refractivity contribution in [3.63, 3.8) is 0 Å². The number of aromatic hydroxyl groups is 1. The van der Waals surface area contributed by atoms with Gasteiger partial charge in [0.25, 0.3) is 0 Å². The summed E-state index contributed by atoms with van der Waals surface area (Å²) in [5.74, 6) is 0.496. The third kappa shape index (κ3) is 9.67. The Morgan fingerprint density at radius 1 is 0.704 bits per heavy atom. The van der Waals surface area contributed by atoms with Gasteiger partial charge in [0, 0.05) is 0 Å². The van der Waals surface area contributed by atoms with E-state index in [-0.39, 0.29) is 5.41 Å². The number of unbranched alkanes of at least 4 members (excludes halogenated alkanes) is 6. The average molecular weight is 375 g/mol. The molecule has 0 aliphatic rings. The van der Waals surface area contributed by atoms with E-state index in [2.05, 4.69) is 47.6 Å². The summed E-state index contributed by atoms with van der Waals surface area (Å²) in [7, 11) is 0. The average Bonchev–Trinajstić information content (AvgIpc) is 2.59. The highest BCUT2D eigenvalue weighted by atomic mass is 16.3. The second-order valence-corrected chi connectivity index (χ2v) is 10.2. The molecule has 0 aliphatic carbocycles. The van der Waals surface area contributed by atoms with Gasteiger partial charge >= 0.3 is 0 Å². The van der Waals surface area contributed by atoms with Crippen LogP contribution in [0.2, 0.25) is 0 Å². The molecule has 1 aromatic carbocycles. The van der Waals surface area contributed by atoms with E-state index in [0.29, 0.717) is 11.2 Å². The predicted molar refractivity (Wildman–Crippen MR) is 121 cm³/mol. The Labute approximate surface area is 170 Å². The number of phenols is 1. The summed E-state index contributed by atoms with van der Waals surface area (Å²) in [6.45, 7) is 14.1. The molecule has 1 heteroatoms. The van der Waals surface area contributed by atoms with E-state index in [9.17, 15) is 5.11 Å². The summed E-state index contributed by atoms with van der Waals surface area (Å²) in [6.07, 6.45) is 15.1. The highest BCUT2D eigenvalue weighted by Crippen LogP contribution is 2.37. The van der Waals surface area contributed by atoms with Gasteiger partial charge in [-0.05, 0) is 53.7 Å². The molecule has 0 saturated carbocycles. The van der Waals surface area contributed by atoms with Crippen molar-refractivity contribution in [1.82, 2.24) is 0 Å². The van der Waals surface area contributed by atoms with Gasteiger partial charge in [-0.1, -0.05) is 105 Å². The summed E-state index contributed by atoms with van der Waals surface area (Å²) >= 11 is 0. The molecule has 1 N–H and O–H groups in total. The molecule has 0 aliphatic heterocycles. The highest BCUT2D eigenvalue weighted by molar-refractivity contribution is 5.40. The van der Waals surface area contributed by atoms with Gasteiger partial charge in [-0.15, -0.1) is 0 Å². The van der Waals surface area contributed by atoms with Crippen LogP contribution >= 0.6 is 0 Å². The molecule has 1 aromatic rings. The Balaban J connectivity index is 2.78. The fourth-order valence-electron chi connectivity index (χ4n) is 4.22. The Kier molecular flexibility index (Phi) is 10.5. The van der Waals surface area contributed by atoms with Crippen LogP contribution in [0.3, 0.4) is 0 Å². The molecule has 0 saturated heterocycles. The van der Waals surface area contributed by atoms with Crippen LogP contribution in [-0.4, -0.2) is 5.11 Å². The van der Waals surface area contributed by atoms with Crippen molar-refractivity contribution in [2.45, 2.75) is 119 Å². The third-order valence-electron chi connectivity index (χ3n) is 5.99. The first-order chi connectivity index (χ1) is 12.7. The number of hydrogen-bond donors (Lipinski definition) is 1. The molecular formula is C26H46O. The van der Waals surface area contributed by atoms with Gasteiger partial charge in [0.05, 0.1) is 0 Å². The molecule has 0 atom stereocenters. The number of rotatable bonds is 14. The lowest BCUT2D eigenvalue weighted by Crippen LogP contribution is -2.20. The van der Waals surface area contributed by atoms with Crippen LogP contribution in [-0.2, 0) is 12.8 Å². The van der Waals surface area contributed by atoms with E-state index in [1.807, 2.05) is 12.1 Å². The maximum absolute atomic E-state index is 10.6. The van der Waals surface area contributed by atoms with E-state index < -0.39 is 0 Å². The molecular weight excluding hydrogens is 328 g/mol. The summed E-state index contributed by atoms with van der Waals surface area (Å²) in [5.41, 5.74) is 3.09. The molecule has 0 fully saturated rings. The smallest absolute Gasteiger partial charge is 0.119 e. The van der Waals surface area contributed by atoms with Crippen LogP contribution in [0.5, 0.6) is 5.75 Å². The van der Waals surface area contributed by atoms with Crippen LogP contribution in [0.15, 0.2) is 18.2 Å². The molecule has 0 radical (unpaired) electrons. The first-order valence-corrected chi connectivity index (χ1v) is 11.5. The van der Waals surface area contributed by atoms with E-state index >= 15 is 0 Å². The van der Waals surface area contributed by atoms with Gasteiger partial charge in [0.2, 0.25) is 0 Å². The Hall–Kier alpha value is -0.980. The summed E-state index contributed by atoms with van der Waals surface area (Å²) < 4.78 is 0. The fourth-order valence-corrected chi connectivity index (χ4v) is 4.22. The van der Waals surface area contributed by atoms with Crippen molar-refractivity contribution < 1.29 is 5.11 Å². The van der Waals surface area contributed by atoms with Gasteiger partial charge in [0.1, 0.15) is 5.75 Å². The maximum Gasteiger partial charge on any atom is 0.119 e. The van der Waals surface area contributed by atoms with Gasteiger partial charge in [-0.25, -0.2) is 0 Å². The molecule has 0 unspecified atom stereocenters. The molecule has 0 aromatic heterocycles. The van der Waals surface area contributed by atoms with Gasteiger partial charge < -0.3 is 5.11 Å². The van der Waals surface area contributed by atoms with Crippen LogP contribution in [0.4, 0.5) is 0 Å². The topological polar surface area (TPSA) is 20.2 Å². The minimum Gasteiger partial charge on any atom is -0.508 e. The second kappa shape index (κ2) is 11.8. The third-order valence-corrected chi connectivity index (χ3v) is 5.99. The molecule has 27 heavy (non-hydrogen) atoms. The first-order valence-electron chi connectivity index (χ1n) is 11.5. The van der Waals surface area contributed by atoms with E-state index in [1.54, 1.807) is 0 Å². The highest BCUT2D eigenvalue weighted by Gasteiger charge is 2.25. The Morgan fingerprint density at radius 2 is 1.22 bits per heavy atom. The molecule has 0 heterocycles. The SMILES string of the molecule is CCCCCCC(C)(C)Cc1cccc(O)c1CC(C)(C)CCCCCC. The lowest BCUT2D eigenvalue weighted by atomic mass is 9.76. The molecule has 1 nitrogen and oxygen atoms in total. The minimum atomic E-state index is 0.243. The van der Waals surface area contributed by atoms with Gasteiger partial charge in [-0.3, -0.25) is 0 Å². The number of phenolic OH excluding ortho intramolecular Hbond substituents is 1. The van der Waals surface area contributed by atoms with E-state index in [4.69, 9.17) is 0 Å². The normalized spacial score (nSPS) is 12.5. The molecule has 0 bridgehead atoms. The molecule has 0 spiro atoms. The van der Waals surface area contributed by atoms with Crippen molar-refractivity contribution in [2.75, 3.05) is 0 Å². The largest absolute Gasteiger partial charge is 0.508 e. The summed E-state index contributed by atoms with van der Waals surface area (Å²) in [4.78, 5) is 0. The zero-order valence-electron chi connectivity index (χ0n) is 19.2.